The predicted octanol–water partition coefficient (Wildman–Crippen LogP) is 2.35. The van der Waals surface area contributed by atoms with Gasteiger partial charge in [-0.3, -0.25) is 4.79 Å². The summed E-state index contributed by atoms with van der Waals surface area (Å²) in [6.07, 6.45) is 0. The second kappa shape index (κ2) is 5.37. The Labute approximate surface area is 122 Å². The predicted molar refractivity (Wildman–Crippen MR) is 75.4 cm³/mol. The number of hydrogen-bond acceptors (Lipinski definition) is 3. The molecule has 2 rings (SSSR count). The minimum atomic E-state index is -0.968. The number of rotatable bonds is 3. The van der Waals surface area contributed by atoms with Crippen molar-refractivity contribution in [1.29, 1.82) is 5.26 Å². The van der Waals surface area contributed by atoms with E-state index in [-0.39, 0.29) is 11.5 Å². The highest BCUT2D eigenvalue weighted by molar-refractivity contribution is 5.93. The normalized spacial score (nSPS) is 11.0. The van der Waals surface area contributed by atoms with Gasteiger partial charge in [-0.25, -0.2) is 9.07 Å². The number of nitrogens with one attached hydrogen (secondary N) is 1. The fourth-order valence-corrected chi connectivity index (χ4v) is 1.80. The van der Waals surface area contributed by atoms with E-state index in [9.17, 15) is 9.18 Å². The Kier molecular flexibility index (Phi) is 3.76. The fourth-order valence-electron chi connectivity index (χ4n) is 1.80. The van der Waals surface area contributed by atoms with Gasteiger partial charge in [0.15, 0.2) is 5.69 Å². The summed E-state index contributed by atoms with van der Waals surface area (Å²) in [4.78, 5) is 12.1. The van der Waals surface area contributed by atoms with Gasteiger partial charge in [-0.05, 0) is 51.1 Å². The van der Waals surface area contributed by atoms with Crippen molar-refractivity contribution in [2.24, 2.45) is 0 Å². The Hall–Kier alpha value is -2.68. The summed E-state index contributed by atoms with van der Waals surface area (Å²) >= 11 is 0. The highest BCUT2D eigenvalue weighted by atomic mass is 19.1. The van der Waals surface area contributed by atoms with Crippen LogP contribution in [0, 0.1) is 24.1 Å². The third-order valence-corrected chi connectivity index (χ3v) is 2.90. The molecule has 1 N–H and O–H groups in total. The Morgan fingerprint density at radius 2 is 2.00 bits per heavy atom. The summed E-state index contributed by atoms with van der Waals surface area (Å²) in [5.41, 5.74) is 0.638. The maximum absolute atomic E-state index is 12.9. The molecule has 0 saturated heterocycles. The molecule has 2 aromatic rings. The van der Waals surface area contributed by atoms with Crippen molar-refractivity contribution in [3.63, 3.8) is 0 Å². The number of carbonyl (C=O) groups is 1. The minimum absolute atomic E-state index is 0.208. The van der Waals surface area contributed by atoms with E-state index in [4.69, 9.17) is 5.26 Å². The summed E-state index contributed by atoms with van der Waals surface area (Å²) < 4.78 is 14.5. The van der Waals surface area contributed by atoms with E-state index < -0.39 is 11.4 Å². The van der Waals surface area contributed by atoms with Crippen LogP contribution in [0.4, 0.5) is 4.39 Å². The van der Waals surface area contributed by atoms with Gasteiger partial charge in [0.05, 0.1) is 11.8 Å². The number of aryl methyl sites for hydroxylation is 1. The largest absolute Gasteiger partial charge is 0.333 e. The fraction of sp³-hybridized carbons (Fsp3) is 0.267. The lowest BCUT2D eigenvalue weighted by atomic mass is 10.1. The second-order valence-electron chi connectivity index (χ2n) is 5.25. The number of hydrogen-bond donors (Lipinski definition) is 1. The lowest BCUT2D eigenvalue weighted by Gasteiger charge is -2.16. The molecular formula is C15H15FN4O. The van der Waals surface area contributed by atoms with E-state index in [0.29, 0.717) is 5.69 Å². The molecule has 0 fully saturated rings. The van der Waals surface area contributed by atoms with Crippen LogP contribution in [0.15, 0.2) is 30.3 Å². The third-order valence-electron chi connectivity index (χ3n) is 2.90. The minimum Gasteiger partial charge on any atom is -0.333 e. The lowest BCUT2D eigenvalue weighted by Crippen LogP contribution is -2.42. The number of halogens is 1. The van der Waals surface area contributed by atoms with Crippen molar-refractivity contribution in [1.82, 2.24) is 15.1 Å². The van der Waals surface area contributed by atoms with Crippen molar-refractivity contribution in [2.75, 3.05) is 0 Å². The maximum Gasteiger partial charge on any atom is 0.273 e. The molecule has 6 heteroatoms. The first-order chi connectivity index (χ1) is 9.82. The molecule has 0 bridgehead atoms. The highest BCUT2D eigenvalue weighted by Crippen LogP contribution is 2.13. The molecule has 0 saturated carbocycles. The molecule has 1 heterocycles. The molecule has 0 aliphatic heterocycles. The Morgan fingerprint density at radius 3 is 2.57 bits per heavy atom. The smallest absolute Gasteiger partial charge is 0.273 e. The average molecular weight is 286 g/mol. The first kappa shape index (κ1) is 14.7. The molecule has 0 spiro atoms. The molecule has 0 unspecified atom stereocenters. The zero-order chi connectivity index (χ0) is 15.6. The van der Waals surface area contributed by atoms with E-state index in [1.807, 2.05) is 6.07 Å². The summed E-state index contributed by atoms with van der Waals surface area (Å²) in [5, 5.41) is 15.7. The van der Waals surface area contributed by atoms with Gasteiger partial charge >= 0.3 is 0 Å². The number of carbonyl (C=O) groups excluding carboxylic acids is 1. The van der Waals surface area contributed by atoms with Gasteiger partial charge in [0.25, 0.3) is 5.91 Å². The van der Waals surface area contributed by atoms with Gasteiger partial charge in [0.1, 0.15) is 11.4 Å². The van der Waals surface area contributed by atoms with Crippen LogP contribution in [0.25, 0.3) is 5.69 Å². The monoisotopic (exact) mass is 286 g/mol. The zero-order valence-corrected chi connectivity index (χ0v) is 12.0. The van der Waals surface area contributed by atoms with Crippen LogP contribution < -0.4 is 5.32 Å². The number of nitriles is 1. The first-order valence-electron chi connectivity index (χ1n) is 6.39. The van der Waals surface area contributed by atoms with Gasteiger partial charge in [-0.1, -0.05) is 0 Å². The third kappa shape index (κ3) is 3.26. The van der Waals surface area contributed by atoms with Crippen LogP contribution in [0.1, 0.15) is 30.0 Å². The molecule has 5 nitrogen and oxygen atoms in total. The molecule has 108 valence electrons. The van der Waals surface area contributed by atoms with E-state index in [1.54, 1.807) is 43.7 Å². The van der Waals surface area contributed by atoms with Crippen molar-refractivity contribution in [3.05, 3.63) is 47.5 Å². The van der Waals surface area contributed by atoms with Gasteiger partial charge in [-0.15, -0.1) is 0 Å². The van der Waals surface area contributed by atoms with Crippen molar-refractivity contribution in [2.45, 2.75) is 26.3 Å². The first-order valence-corrected chi connectivity index (χ1v) is 6.39. The van der Waals surface area contributed by atoms with E-state index in [2.05, 4.69) is 10.4 Å². The second-order valence-corrected chi connectivity index (χ2v) is 5.25. The molecule has 1 aromatic carbocycles. The number of nitrogens with zero attached hydrogens (tertiary/aromatic N) is 3. The summed E-state index contributed by atoms with van der Waals surface area (Å²) in [6.45, 7) is 5.01. The quantitative estimate of drug-likeness (QED) is 0.941. The molecule has 21 heavy (non-hydrogen) atoms. The Morgan fingerprint density at radius 1 is 1.38 bits per heavy atom. The van der Waals surface area contributed by atoms with Crippen LogP contribution in [-0.2, 0) is 0 Å². The number of amides is 1. The van der Waals surface area contributed by atoms with E-state index in [0.717, 1.165) is 5.69 Å². The zero-order valence-electron chi connectivity index (χ0n) is 12.0. The molecule has 1 aromatic heterocycles. The Bertz CT molecular complexity index is 710. The van der Waals surface area contributed by atoms with Gasteiger partial charge < -0.3 is 5.32 Å². The summed E-state index contributed by atoms with van der Waals surface area (Å²) in [7, 11) is 0. The molecule has 0 radical (unpaired) electrons. The van der Waals surface area contributed by atoms with Gasteiger partial charge in [0.2, 0.25) is 0 Å². The van der Waals surface area contributed by atoms with Crippen LogP contribution in [0.2, 0.25) is 0 Å². The summed E-state index contributed by atoms with van der Waals surface area (Å²) in [5.74, 6) is -0.761. The van der Waals surface area contributed by atoms with Crippen molar-refractivity contribution >= 4 is 5.91 Å². The molecular weight excluding hydrogens is 271 g/mol. The maximum atomic E-state index is 12.9. The van der Waals surface area contributed by atoms with Crippen LogP contribution >= 0.6 is 0 Å². The van der Waals surface area contributed by atoms with Crippen LogP contribution in [0.3, 0.4) is 0 Å². The number of aromatic nitrogens is 2. The average Bonchev–Trinajstić information content (AvgIpc) is 2.81. The van der Waals surface area contributed by atoms with E-state index >= 15 is 0 Å². The van der Waals surface area contributed by atoms with Crippen LogP contribution in [0.5, 0.6) is 0 Å². The number of benzene rings is 1. The molecule has 1 amide bonds. The summed E-state index contributed by atoms with van der Waals surface area (Å²) in [6, 6.07) is 9.43. The van der Waals surface area contributed by atoms with Gasteiger partial charge in [0, 0.05) is 5.69 Å². The van der Waals surface area contributed by atoms with E-state index in [1.165, 1.54) is 12.1 Å². The topological polar surface area (TPSA) is 70.7 Å². The van der Waals surface area contributed by atoms with Crippen molar-refractivity contribution in [3.8, 4) is 11.8 Å². The SMILES string of the molecule is Cc1cc(C(=O)NC(C)(C)C#N)nn1-c1ccc(F)cc1. The standard InChI is InChI=1S/C15H15FN4O/c1-10-8-13(14(21)18-15(2,3)9-17)19-20(10)12-6-4-11(16)5-7-12/h4-8H,1-3H3,(H,18,21). The molecule has 0 aliphatic rings. The molecule has 0 aliphatic carbocycles. The highest BCUT2D eigenvalue weighted by Gasteiger charge is 2.22. The Balaban J connectivity index is 2.29. The van der Waals surface area contributed by atoms with Gasteiger partial charge in [-0.2, -0.15) is 10.4 Å². The molecule has 0 atom stereocenters. The van der Waals surface area contributed by atoms with Crippen molar-refractivity contribution < 1.29 is 9.18 Å². The lowest BCUT2D eigenvalue weighted by molar-refractivity contribution is 0.0923. The van der Waals surface area contributed by atoms with Crippen LogP contribution in [-0.4, -0.2) is 21.2 Å².